The van der Waals surface area contributed by atoms with Gasteiger partial charge in [-0.15, -0.1) is 0 Å². The molecule has 0 radical (unpaired) electrons. The third kappa shape index (κ3) is 2.44. The Morgan fingerprint density at radius 2 is 1.87 bits per heavy atom. The quantitative estimate of drug-likeness (QED) is 0.666. The van der Waals surface area contributed by atoms with Crippen molar-refractivity contribution < 1.29 is 0 Å². The van der Waals surface area contributed by atoms with Crippen LogP contribution in [0.25, 0.3) is 0 Å². The predicted molar refractivity (Wildman–Crippen MR) is 69.5 cm³/mol. The van der Waals surface area contributed by atoms with Gasteiger partial charge in [-0.1, -0.05) is 52.5 Å². The SMILES string of the molecule is Cc1ccc(C(Br)C2CCCC2)c(C)c1. The van der Waals surface area contributed by atoms with Crippen molar-refractivity contribution in [3.63, 3.8) is 0 Å². The third-order valence-electron chi connectivity index (χ3n) is 3.54. The summed E-state index contributed by atoms with van der Waals surface area (Å²) in [6.45, 7) is 4.39. The van der Waals surface area contributed by atoms with E-state index in [0.717, 1.165) is 5.92 Å². The first kappa shape index (κ1) is 11.2. The Labute approximate surface area is 101 Å². The molecule has 0 saturated heterocycles. The molecular weight excluding hydrogens is 248 g/mol. The van der Waals surface area contributed by atoms with E-state index < -0.39 is 0 Å². The van der Waals surface area contributed by atoms with Crippen molar-refractivity contribution in [2.75, 3.05) is 0 Å². The summed E-state index contributed by atoms with van der Waals surface area (Å²) in [5, 5.41) is 0. The van der Waals surface area contributed by atoms with Crippen LogP contribution in [0, 0.1) is 19.8 Å². The van der Waals surface area contributed by atoms with Crippen LogP contribution in [-0.4, -0.2) is 0 Å². The molecule has 1 fully saturated rings. The zero-order valence-electron chi connectivity index (χ0n) is 9.59. The van der Waals surface area contributed by atoms with Crippen molar-refractivity contribution in [3.8, 4) is 0 Å². The topological polar surface area (TPSA) is 0 Å². The molecule has 0 heterocycles. The fraction of sp³-hybridized carbons (Fsp3) is 0.571. The van der Waals surface area contributed by atoms with E-state index in [-0.39, 0.29) is 0 Å². The molecule has 1 unspecified atom stereocenters. The van der Waals surface area contributed by atoms with E-state index >= 15 is 0 Å². The van der Waals surface area contributed by atoms with Crippen molar-refractivity contribution in [1.29, 1.82) is 0 Å². The molecule has 0 bridgehead atoms. The Hall–Kier alpha value is -0.300. The first-order valence-corrected chi connectivity index (χ1v) is 6.81. The molecule has 0 aliphatic heterocycles. The van der Waals surface area contributed by atoms with Crippen LogP contribution >= 0.6 is 15.9 Å². The van der Waals surface area contributed by atoms with Gasteiger partial charge in [-0.05, 0) is 43.7 Å². The van der Waals surface area contributed by atoms with Gasteiger partial charge >= 0.3 is 0 Å². The molecule has 2 rings (SSSR count). The van der Waals surface area contributed by atoms with Crippen LogP contribution in [0.3, 0.4) is 0 Å². The highest BCUT2D eigenvalue weighted by molar-refractivity contribution is 9.09. The summed E-state index contributed by atoms with van der Waals surface area (Å²) in [5.74, 6) is 0.853. The van der Waals surface area contributed by atoms with Crippen molar-refractivity contribution in [2.45, 2.75) is 44.4 Å². The van der Waals surface area contributed by atoms with Gasteiger partial charge in [-0.2, -0.15) is 0 Å². The Morgan fingerprint density at radius 3 is 2.47 bits per heavy atom. The smallest absolute Gasteiger partial charge is 0.0426 e. The molecule has 0 N–H and O–H groups in total. The maximum absolute atomic E-state index is 3.89. The Morgan fingerprint density at radius 1 is 1.20 bits per heavy atom. The minimum Gasteiger partial charge on any atom is -0.0836 e. The number of halogens is 1. The second-order valence-electron chi connectivity index (χ2n) is 4.81. The number of alkyl halides is 1. The van der Waals surface area contributed by atoms with Crippen molar-refractivity contribution in [2.24, 2.45) is 5.92 Å². The molecule has 82 valence electrons. The van der Waals surface area contributed by atoms with Crippen LogP contribution in [0.15, 0.2) is 18.2 Å². The monoisotopic (exact) mass is 266 g/mol. The standard InChI is InChI=1S/C14H19Br/c1-10-7-8-13(11(2)9-10)14(15)12-5-3-4-6-12/h7-9,12,14H,3-6H2,1-2H3. The molecule has 0 amide bonds. The Bertz CT molecular complexity index is 337. The summed E-state index contributed by atoms with van der Waals surface area (Å²) in [6, 6.07) is 6.81. The van der Waals surface area contributed by atoms with Crippen LogP contribution in [0.5, 0.6) is 0 Å². The van der Waals surface area contributed by atoms with Crippen molar-refractivity contribution >= 4 is 15.9 Å². The second kappa shape index (κ2) is 4.69. The lowest BCUT2D eigenvalue weighted by molar-refractivity contribution is 0.540. The first-order valence-electron chi connectivity index (χ1n) is 5.89. The van der Waals surface area contributed by atoms with Gasteiger partial charge in [0.15, 0.2) is 0 Å². The summed E-state index contributed by atoms with van der Waals surface area (Å²) >= 11 is 3.89. The second-order valence-corrected chi connectivity index (χ2v) is 5.79. The van der Waals surface area contributed by atoms with E-state index in [1.807, 2.05) is 0 Å². The largest absolute Gasteiger partial charge is 0.0836 e. The predicted octanol–water partition coefficient (Wildman–Crippen LogP) is 4.93. The maximum atomic E-state index is 3.89. The molecule has 1 aromatic carbocycles. The van der Waals surface area contributed by atoms with Gasteiger partial charge in [-0.3, -0.25) is 0 Å². The minimum absolute atomic E-state index is 0.570. The van der Waals surface area contributed by atoms with Gasteiger partial charge < -0.3 is 0 Å². The third-order valence-corrected chi connectivity index (χ3v) is 4.78. The Kier molecular flexibility index (Phi) is 3.50. The summed E-state index contributed by atoms with van der Waals surface area (Å²) < 4.78 is 0. The molecular formula is C14H19Br. The van der Waals surface area contributed by atoms with Crippen LogP contribution in [-0.2, 0) is 0 Å². The fourth-order valence-electron chi connectivity index (χ4n) is 2.64. The highest BCUT2D eigenvalue weighted by Gasteiger charge is 2.24. The van der Waals surface area contributed by atoms with Crippen LogP contribution in [0.1, 0.15) is 47.2 Å². The van der Waals surface area contributed by atoms with Gasteiger partial charge in [0.1, 0.15) is 0 Å². The lowest BCUT2D eigenvalue weighted by atomic mass is 9.94. The van der Waals surface area contributed by atoms with E-state index in [0.29, 0.717) is 4.83 Å². The molecule has 1 aliphatic rings. The minimum atomic E-state index is 0.570. The van der Waals surface area contributed by atoms with Gasteiger partial charge in [-0.25, -0.2) is 0 Å². The van der Waals surface area contributed by atoms with E-state index in [2.05, 4.69) is 48.0 Å². The normalized spacial score (nSPS) is 19.4. The highest BCUT2D eigenvalue weighted by atomic mass is 79.9. The Balaban J connectivity index is 2.20. The van der Waals surface area contributed by atoms with E-state index in [1.165, 1.54) is 42.4 Å². The van der Waals surface area contributed by atoms with Crippen LogP contribution in [0.4, 0.5) is 0 Å². The molecule has 1 heteroatoms. The molecule has 0 nitrogen and oxygen atoms in total. The van der Waals surface area contributed by atoms with E-state index in [4.69, 9.17) is 0 Å². The number of rotatable bonds is 2. The average Bonchev–Trinajstić information content (AvgIpc) is 2.69. The molecule has 1 aromatic rings. The molecule has 1 aliphatic carbocycles. The molecule has 0 spiro atoms. The first-order chi connectivity index (χ1) is 7.18. The lowest BCUT2D eigenvalue weighted by Gasteiger charge is -2.19. The molecule has 0 aromatic heterocycles. The van der Waals surface area contributed by atoms with E-state index in [9.17, 15) is 0 Å². The molecule has 1 atom stereocenters. The highest BCUT2D eigenvalue weighted by Crippen LogP contribution is 2.42. The summed E-state index contributed by atoms with van der Waals surface area (Å²) in [5.41, 5.74) is 4.29. The maximum Gasteiger partial charge on any atom is 0.0426 e. The van der Waals surface area contributed by atoms with Crippen LogP contribution in [0.2, 0.25) is 0 Å². The average molecular weight is 267 g/mol. The summed E-state index contributed by atoms with van der Waals surface area (Å²) in [6.07, 6.45) is 5.61. The van der Waals surface area contributed by atoms with Crippen LogP contribution < -0.4 is 0 Å². The summed E-state index contributed by atoms with van der Waals surface area (Å²) in [7, 11) is 0. The van der Waals surface area contributed by atoms with E-state index in [1.54, 1.807) is 0 Å². The number of hydrogen-bond donors (Lipinski definition) is 0. The number of aryl methyl sites for hydroxylation is 2. The number of hydrogen-bond acceptors (Lipinski definition) is 0. The van der Waals surface area contributed by atoms with Crippen molar-refractivity contribution in [1.82, 2.24) is 0 Å². The molecule has 1 saturated carbocycles. The zero-order chi connectivity index (χ0) is 10.8. The lowest BCUT2D eigenvalue weighted by Crippen LogP contribution is -2.04. The van der Waals surface area contributed by atoms with Gasteiger partial charge in [0.25, 0.3) is 0 Å². The zero-order valence-corrected chi connectivity index (χ0v) is 11.2. The van der Waals surface area contributed by atoms with Crippen molar-refractivity contribution in [3.05, 3.63) is 34.9 Å². The summed E-state index contributed by atoms with van der Waals surface area (Å²) in [4.78, 5) is 0.570. The van der Waals surface area contributed by atoms with Gasteiger partial charge in [0, 0.05) is 4.83 Å². The fourth-order valence-corrected chi connectivity index (χ4v) is 3.68. The van der Waals surface area contributed by atoms with Gasteiger partial charge in [0.2, 0.25) is 0 Å². The molecule has 15 heavy (non-hydrogen) atoms. The van der Waals surface area contributed by atoms with Gasteiger partial charge in [0.05, 0.1) is 0 Å². The number of benzene rings is 1.